The minimum Gasteiger partial charge on any atom is -0.375 e. The molecule has 8 heteroatoms. The van der Waals surface area contributed by atoms with E-state index in [1.54, 1.807) is 0 Å². The van der Waals surface area contributed by atoms with Gasteiger partial charge in [-0.25, -0.2) is 0 Å². The van der Waals surface area contributed by atoms with Crippen LogP contribution in [0.1, 0.15) is 45.9 Å². The summed E-state index contributed by atoms with van der Waals surface area (Å²) in [5.41, 5.74) is 9.64. The molecule has 4 aromatic rings. The number of ether oxygens (including phenoxy) is 1. The number of pyridine rings is 1. The predicted octanol–water partition coefficient (Wildman–Crippen LogP) is 5.87. The van der Waals surface area contributed by atoms with Crippen molar-refractivity contribution in [1.82, 2.24) is 14.9 Å². The van der Waals surface area contributed by atoms with Gasteiger partial charge in [0.1, 0.15) is 6.61 Å². The number of aryl methyl sites for hydroxylation is 3. The number of hydrogen-bond donors (Lipinski definition) is 2. The Labute approximate surface area is 234 Å². The summed E-state index contributed by atoms with van der Waals surface area (Å²) in [6.45, 7) is 8.58. The molecule has 1 aliphatic heterocycles. The number of nitrogens with one attached hydrogen (secondary N) is 2. The highest BCUT2D eigenvalue weighted by Gasteiger charge is 2.42. The van der Waals surface area contributed by atoms with Gasteiger partial charge in [-0.15, -0.1) is 0 Å². The number of carbonyl (C=O) groups is 1. The Bertz CT molecular complexity index is 1490. The first-order valence-corrected chi connectivity index (χ1v) is 13.3. The quantitative estimate of drug-likeness (QED) is 0.286. The Morgan fingerprint density at radius 1 is 1.00 bits per heavy atom. The third kappa shape index (κ3) is 5.30. The van der Waals surface area contributed by atoms with Crippen LogP contribution < -0.4 is 15.5 Å². The molecule has 200 valence electrons. The third-order valence-corrected chi connectivity index (χ3v) is 7.37. The summed E-state index contributed by atoms with van der Waals surface area (Å²) in [5.74, 6) is -0.199. The first-order chi connectivity index (χ1) is 18.8. The highest BCUT2D eigenvalue weighted by atomic mass is 32.1. The lowest BCUT2D eigenvalue weighted by atomic mass is 9.96. The van der Waals surface area contributed by atoms with E-state index in [0.29, 0.717) is 10.8 Å². The van der Waals surface area contributed by atoms with Crippen LogP contribution in [0.5, 0.6) is 0 Å². The van der Waals surface area contributed by atoms with Crippen molar-refractivity contribution in [2.24, 2.45) is 0 Å². The van der Waals surface area contributed by atoms with Gasteiger partial charge >= 0.3 is 0 Å². The molecule has 2 aromatic carbocycles. The summed E-state index contributed by atoms with van der Waals surface area (Å²) in [6, 6.07) is 22.3. The zero-order valence-corrected chi connectivity index (χ0v) is 23.7. The van der Waals surface area contributed by atoms with Crippen molar-refractivity contribution in [3.05, 3.63) is 107 Å². The number of anilines is 2. The van der Waals surface area contributed by atoms with Crippen LogP contribution in [0.4, 0.5) is 11.4 Å². The molecule has 2 N–H and O–H groups in total. The fourth-order valence-corrected chi connectivity index (χ4v) is 5.89. The van der Waals surface area contributed by atoms with Gasteiger partial charge in [0.05, 0.1) is 17.8 Å². The van der Waals surface area contributed by atoms with Crippen LogP contribution in [-0.2, 0) is 9.53 Å². The second-order valence-corrected chi connectivity index (χ2v) is 10.4. The lowest BCUT2D eigenvalue weighted by molar-refractivity contribution is -0.119. The Hall–Kier alpha value is -4.01. The summed E-state index contributed by atoms with van der Waals surface area (Å²) in [5, 5.41) is 7.02. The van der Waals surface area contributed by atoms with Crippen molar-refractivity contribution in [3.63, 3.8) is 0 Å². The molecule has 0 bridgehead atoms. The number of rotatable bonds is 7. The number of nitrogens with zero attached hydrogens (tertiary/aromatic N) is 3. The van der Waals surface area contributed by atoms with E-state index in [-0.39, 0.29) is 24.6 Å². The number of carbonyl (C=O) groups excluding carboxylic acids is 1. The maximum atomic E-state index is 12.0. The van der Waals surface area contributed by atoms with Crippen LogP contribution in [0.25, 0.3) is 5.69 Å². The average Bonchev–Trinajstić information content (AvgIpc) is 3.39. The molecular formula is C31H33N5O2S. The number of thiocarbonyl (C=S) groups is 1. The first kappa shape index (κ1) is 26.6. The monoisotopic (exact) mass is 539 g/mol. The van der Waals surface area contributed by atoms with Gasteiger partial charge in [-0.3, -0.25) is 9.78 Å². The molecule has 1 aliphatic rings. The fourth-order valence-electron chi connectivity index (χ4n) is 5.55. The SMILES string of the molecule is COCC(=O)Nc1ccc(N2C(=S)N[C@H](c3ccccn3)[C@@H]2c2cc(C)n(-c3cc(C)cc(C)c3)c2C)cc1. The van der Waals surface area contributed by atoms with E-state index in [4.69, 9.17) is 17.0 Å². The van der Waals surface area contributed by atoms with Gasteiger partial charge in [-0.2, -0.15) is 0 Å². The van der Waals surface area contributed by atoms with Crippen molar-refractivity contribution in [2.45, 2.75) is 39.8 Å². The van der Waals surface area contributed by atoms with Gasteiger partial charge in [-0.05, 0) is 111 Å². The van der Waals surface area contributed by atoms with Crippen molar-refractivity contribution in [2.75, 3.05) is 23.9 Å². The van der Waals surface area contributed by atoms with Crippen molar-refractivity contribution < 1.29 is 9.53 Å². The van der Waals surface area contributed by atoms with Crippen LogP contribution in [0.15, 0.2) is 72.9 Å². The molecule has 1 amide bonds. The van der Waals surface area contributed by atoms with Crippen LogP contribution in [0.2, 0.25) is 0 Å². The number of benzene rings is 2. The summed E-state index contributed by atoms with van der Waals surface area (Å²) in [6.07, 6.45) is 1.82. The van der Waals surface area contributed by atoms with E-state index in [9.17, 15) is 4.79 Å². The Morgan fingerprint density at radius 3 is 2.36 bits per heavy atom. The van der Waals surface area contributed by atoms with Gasteiger partial charge < -0.3 is 24.8 Å². The van der Waals surface area contributed by atoms with Gasteiger partial charge in [0, 0.05) is 41.8 Å². The highest BCUT2D eigenvalue weighted by Crippen LogP contribution is 2.44. The molecule has 39 heavy (non-hydrogen) atoms. The predicted molar refractivity (Wildman–Crippen MR) is 160 cm³/mol. The molecule has 0 spiro atoms. The van der Waals surface area contributed by atoms with Crippen molar-refractivity contribution in [3.8, 4) is 5.69 Å². The normalized spacial score (nSPS) is 16.8. The molecule has 2 aromatic heterocycles. The highest BCUT2D eigenvalue weighted by molar-refractivity contribution is 7.80. The molecule has 1 fully saturated rings. The fraction of sp³-hybridized carbons (Fsp3) is 0.258. The van der Waals surface area contributed by atoms with Gasteiger partial charge in [-0.1, -0.05) is 12.1 Å². The molecule has 0 saturated carbocycles. The van der Waals surface area contributed by atoms with Crippen molar-refractivity contribution in [1.29, 1.82) is 0 Å². The zero-order chi connectivity index (χ0) is 27.7. The van der Waals surface area contributed by atoms with Crippen LogP contribution >= 0.6 is 12.2 Å². The maximum absolute atomic E-state index is 12.0. The second-order valence-electron chi connectivity index (χ2n) is 10.0. The minimum atomic E-state index is -0.199. The lowest BCUT2D eigenvalue weighted by Crippen LogP contribution is -2.29. The number of methoxy groups -OCH3 is 1. The van der Waals surface area contributed by atoms with E-state index in [2.05, 4.69) is 77.0 Å². The summed E-state index contributed by atoms with van der Waals surface area (Å²) >= 11 is 5.92. The van der Waals surface area contributed by atoms with Gasteiger partial charge in [0.15, 0.2) is 5.11 Å². The number of amides is 1. The van der Waals surface area contributed by atoms with Crippen LogP contribution in [-0.4, -0.2) is 34.3 Å². The Morgan fingerprint density at radius 2 is 1.72 bits per heavy atom. The van der Waals surface area contributed by atoms with E-state index in [1.165, 1.54) is 23.8 Å². The summed E-state index contributed by atoms with van der Waals surface area (Å²) < 4.78 is 7.24. The van der Waals surface area contributed by atoms with Gasteiger partial charge in [0.2, 0.25) is 5.91 Å². The number of aromatic nitrogens is 2. The molecule has 2 atom stereocenters. The second kappa shape index (κ2) is 11.0. The van der Waals surface area contributed by atoms with E-state index in [0.717, 1.165) is 28.5 Å². The average molecular weight is 540 g/mol. The van der Waals surface area contributed by atoms with Crippen LogP contribution in [0.3, 0.4) is 0 Å². The third-order valence-electron chi connectivity index (χ3n) is 7.06. The molecule has 5 rings (SSSR count). The Balaban J connectivity index is 1.59. The topological polar surface area (TPSA) is 71.4 Å². The molecule has 3 heterocycles. The zero-order valence-electron chi connectivity index (χ0n) is 22.9. The first-order valence-electron chi connectivity index (χ1n) is 12.9. The summed E-state index contributed by atoms with van der Waals surface area (Å²) in [4.78, 5) is 18.8. The summed E-state index contributed by atoms with van der Waals surface area (Å²) in [7, 11) is 1.50. The van der Waals surface area contributed by atoms with Gasteiger partial charge in [0.25, 0.3) is 0 Å². The largest absolute Gasteiger partial charge is 0.375 e. The van der Waals surface area contributed by atoms with Crippen LogP contribution in [0, 0.1) is 27.7 Å². The maximum Gasteiger partial charge on any atom is 0.250 e. The smallest absolute Gasteiger partial charge is 0.250 e. The van der Waals surface area contributed by atoms with Crippen molar-refractivity contribution >= 4 is 34.6 Å². The molecule has 0 aliphatic carbocycles. The molecule has 1 saturated heterocycles. The standard InChI is InChI=1S/C31H33N5O2S/c1-19-14-20(2)16-25(15-19)35-21(3)17-26(22(35)4)30-29(27-8-6-7-13-32-27)34-31(39)36(30)24-11-9-23(10-12-24)33-28(37)18-38-5/h6-17,29-30H,18H2,1-5H3,(H,33,37)(H,34,39)/t29-,30+/m1/s1. The molecule has 7 nitrogen and oxygen atoms in total. The minimum absolute atomic E-state index is 0.00575. The molecular weight excluding hydrogens is 506 g/mol. The lowest BCUT2D eigenvalue weighted by Gasteiger charge is -2.28. The van der Waals surface area contributed by atoms with E-state index >= 15 is 0 Å². The molecule has 0 unspecified atom stereocenters. The Kier molecular flexibility index (Phi) is 7.50. The number of hydrogen-bond acceptors (Lipinski definition) is 4. The molecule has 0 radical (unpaired) electrons. The van der Waals surface area contributed by atoms with E-state index in [1.807, 2.05) is 48.7 Å². The van der Waals surface area contributed by atoms with E-state index < -0.39 is 0 Å².